The van der Waals surface area contributed by atoms with Gasteiger partial charge in [0.05, 0.1) is 0 Å². The van der Waals surface area contributed by atoms with Gasteiger partial charge in [0, 0.05) is 19.1 Å². The van der Waals surface area contributed by atoms with E-state index in [1.54, 1.807) is 4.90 Å². The third kappa shape index (κ3) is 4.37. The van der Waals surface area contributed by atoms with Crippen molar-refractivity contribution < 1.29 is 14.7 Å². The number of carbonyl (C=O) groups is 2. The van der Waals surface area contributed by atoms with Crippen molar-refractivity contribution in [3.63, 3.8) is 0 Å². The van der Waals surface area contributed by atoms with Gasteiger partial charge in [-0.1, -0.05) is 26.7 Å². The molecule has 0 radical (unpaired) electrons. The summed E-state index contributed by atoms with van der Waals surface area (Å²) in [7, 11) is 4.01. The molecular formula is C14H27N3O3. The van der Waals surface area contributed by atoms with Crippen LogP contribution in [-0.2, 0) is 4.79 Å². The molecule has 1 fully saturated rings. The number of carbonyl (C=O) groups excluding carboxylic acids is 1. The number of unbranched alkanes of at least 4 members (excludes halogenated alkanes) is 1. The second-order valence-corrected chi connectivity index (χ2v) is 5.90. The first-order valence-corrected chi connectivity index (χ1v) is 7.31. The van der Waals surface area contributed by atoms with Crippen LogP contribution in [-0.4, -0.2) is 66.2 Å². The molecule has 1 aliphatic rings. The van der Waals surface area contributed by atoms with E-state index in [0.29, 0.717) is 31.5 Å². The zero-order valence-electron chi connectivity index (χ0n) is 12.9. The molecular weight excluding hydrogens is 258 g/mol. The average Bonchev–Trinajstić information content (AvgIpc) is 2.76. The van der Waals surface area contributed by atoms with Crippen molar-refractivity contribution >= 4 is 12.0 Å². The number of hydrogen-bond donors (Lipinski definition) is 2. The Balaban J connectivity index is 2.55. The van der Waals surface area contributed by atoms with E-state index < -0.39 is 12.0 Å². The van der Waals surface area contributed by atoms with Gasteiger partial charge in [-0.15, -0.1) is 0 Å². The van der Waals surface area contributed by atoms with E-state index in [1.165, 1.54) is 0 Å². The summed E-state index contributed by atoms with van der Waals surface area (Å²) in [5.74, 6) is -0.558. The van der Waals surface area contributed by atoms with Crippen molar-refractivity contribution in [2.75, 3.05) is 27.2 Å². The molecule has 0 aromatic heterocycles. The number of nitrogens with one attached hydrogen (secondary N) is 1. The number of carboxylic acids is 1. The summed E-state index contributed by atoms with van der Waals surface area (Å²) < 4.78 is 0. The minimum Gasteiger partial charge on any atom is -0.480 e. The van der Waals surface area contributed by atoms with Crippen LogP contribution in [0.25, 0.3) is 0 Å². The number of likely N-dealkylation sites (N-methyl/N-ethyl adjacent to an activating group) is 1. The summed E-state index contributed by atoms with van der Waals surface area (Å²) >= 11 is 0. The number of amides is 2. The molecule has 0 aliphatic carbocycles. The fraction of sp³-hybridized carbons (Fsp3) is 0.857. The molecule has 0 spiro atoms. The van der Waals surface area contributed by atoms with Crippen LogP contribution in [0.1, 0.15) is 33.1 Å². The molecule has 1 heterocycles. The van der Waals surface area contributed by atoms with E-state index in [9.17, 15) is 9.59 Å². The monoisotopic (exact) mass is 285 g/mol. The molecule has 0 saturated carbocycles. The SMILES string of the molecule is CCCC[C@H](NC(=O)N1CC(C)C(N(C)C)C1)C(=O)O. The molecule has 1 rings (SSSR count). The second-order valence-electron chi connectivity index (χ2n) is 5.90. The third-order valence-electron chi connectivity index (χ3n) is 3.97. The maximum Gasteiger partial charge on any atom is 0.326 e. The van der Waals surface area contributed by atoms with Crippen LogP contribution in [0.5, 0.6) is 0 Å². The van der Waals surface area contributed by atoms with E-state index >= 15 is 0 Å². The van der Waals surface area contributed by atoms with E-state index in [4.69, 9.17) is 5.11 Å². The predicted octanol–water partition coefficient (Wildman–Crippen LogP) is 1.22. The van der Waals surface area contributed by atoms with Crippen LogP contribution in [0.4, 0.5) is 4.79 Å². The van der Waals surface area contributed by atoms with Gasteiger partial charge in [-0.25, -0.2) is 9.59 Å². The molecule has 1 saturated heterocycles. The molecule has 0 bridgehead atoms. The average molecular weight is 285 g/mol. The van der Waals surface area contributed by atoms with Crippen molar-refractivity contribution in [3.8, 4) is 0 Å². The fourth-order valence-electron chi connectivity index (χ4n) is 2.69. The van der Waals surface area contributed by atoms with Crippen LogP contribution in [0.2, 0.25) is 0 Å². The molecule has 2 amide bonds. The maximum atomic E-state index is 12.2. The van der Waals surface area contributed by atoms with Crippen molar-refractivity contribution in [2.24, 2.45) is 5.92 Å². The van der Waals surface area contributed by atoms with Crippen molar-refractivity contribution in [3.05, 3.63) is 0 Å². The van der Waals surface area contributed by atoms with Crippen molar-refractivity contribution in [2.45, 2.75) is 45.2 Å². The Bertz CT molecular complexity index is 347. The number of hydrogen-bond acceptors (Lipinski definition) is 3. The minimum atomic E-state index is -0.955. The van der Waals surface area contributed by atoms with Crippen molar-refractivity contribution in [1.29, 1.82) is 0 Å². The molecule has 3 atom stereocenters. The highest BCUT2D eigenvalue weighted by Crippen LogP contribution is 2.20. The lowest BCUT2D eigenvalue weighted by Gasteiger charge is -2.23. The molecule has 6 heteroatoms. The molecule has 0 aromatic rings. The largest absolute Gasteiger partial charge is 0.480 e. The number of likely N-dealkylation sites (tertiary alicyclic amines) is 1. The van der Waals surface area contributed by atoms with E-state index in [-0.39, 0.29) is 6.03 Å². The first kappa shape index (κ1) is 16.8. The van der Waals surface area contributed by atoms with Gasteiger partial charge in [-0.3, -0.25) is 0 Å². The number of aliphatic carboxylic acids is 1. The molecule has 6 nitrogen and oxygen atoms in total. The van der Waals surface area contributed by atoms with Crippen LogP contribution in [0.3, 0.4) is 0 Å². The summed E-state index contributed by atoms with van der Waals surface area (Å²) in [6.07, 6.45) is 2.20. The van der Waals surface area contributed by atoms with Gasteiger partial charge in [0.2, 0.25) is 0 Å². The quantitative estimate of drug-likeness (QED) is 0.769. The number of carboxylic acid groups (broad SMARTS) is 1. The topological polar surface area (TPSA) is 72.9 Å². The van der Waals surface area contributed by atoms with E-state index in [0.717, 1.165) is 12.8 Å². The van der Waals surface area contributed by atoms with Gasteiger partial charge in [0.25, 0.3) is 0 Å². The number of nitrogens with zero attached hydrogens (tertiary/aromatic N) is 2. The van der Waals surface area contributed by atoms with Crippen LogP contribution in [0, 0.1) is 5.92 Å². The van der Waals surface area contributed by atoms with Gasteiger partial charge < -0.3 is 20.2 Å². The number of rotatable bonds is 6. The lowest BCUT2D eigenvalue weighted by molar-refractivity contribution is -0.139. The maximum absolute atomic E-state index is 12.2. The molecule has 2 unspecified atom stereocenters. The summed E-state index contributed by atoms with van der Waals surface area (Å²) in [5.41, 5.74) is 0. The van der Waals surface area contributed by atoms with Crippen LogP contribution in [0.15, 0.2) is 0 Å². The summed E-state index contributed by atoms with van der Waals surface area (Å²) in [4.78, 5) is 27.2. The highest BCUT2D eigenvalue weighted by Gasteiger charge is 2.34. The Morgan fingerprint density at radius 1 is 1.40 bits per heavy atom. The van der Waals surface area contributed by atoms with E-state index in [2.05, 4.69) is 17.1 Å². The number of urea groups is 1. The molecule has 0 aromatic carbocycles. The highest BCUT2D eigenvalue weighted by molar-refractivity contribution is 5.82. The Morgan fingerprint density at radius 2 is 2.05 bits per heavy atom. The minimum absolute atomic E-state index is 0.260. The summed E-state index contributed by atoms with van der Waals surface area (Å²) in [5, 5.41) is 11.8. The Hall–Kier alpha value is -1.30. The highest BCUT2D eigenvalue weighted by atomic mass is 16.4. The van der Waals surface area contributed by atoms with Crippen LogP contribution < -0.4 is 5.32 Å². The van der Waals surface area contributed by atoms with Crippen LogP contribution >= 0.6 is 0 Å². The zero-order chi connectivity index (χ0) is 15.3. The van der Waals surface area contributed by atoms with Gasteiger partial charge in [-0.05, 0) is 26.4 Å². The predicted molar refractivity (Wildman–Crippen MR) is 77.7 cm³/mol. The van der Waals surface area contributed by atoms with Gasteiger partial charge in [0.1, 0.15) is 6.04 Å². The third-order valence-corrected chi connectivity index (χ3v) is 3.97. The Morgan fingerprint density at radius 3 is 2.50 bits per heavy atom. The van der Waals surface area contributed by atoms with Gasteiger partial charge in [0.15, 0.2) is 0 Å². The molecule has 20 heavy (non-hydrogen) atoms. The lowest BCUT2D eigenvalue weighted by Crippen LogP contribution is -2.47. The normalized spacial score (nSPS) is 23.9. The zero-order valence-corrected chi connectivity index (χ0v) is 12.9. The second kappa shape index (κ2) is 7.47. The lowest BCUT2D eigenvalue weighted by atomic mass is 10.1. The molecule has 2 N–H and O–H groups in total. The summed E-state index contributed by atoms with van der Waals surface area (Å²) in [6, 6.07) is -0.708. The fourth-order valence-corrected chi connectivity index (χ4v) is 2.69. The van der Waals surface area contributed by atoms with Gasteiger partial charge >= 0.3 is 12.0 Å². The Kier molecular flexibility index (Phi) is 6.26. The van der Waals surface area contributed by atoms with Crippen molar-refractivity contribution in [1.82, 2.24) is 15.1 Å². The Labute approximate surface area is 121 Å². The first-order valence-electron chi connectivity index (χ1n) is 7.31. The first-order chi connectivity index (χ1) is 9.36. The molecule has 1 aliphatic heterocycles. The standard InChI is InChI=1S/C14H27N3O3/c1-5-6-7-11(13(18)19)15-14(20)17-8-10(2)12(9-17)16(3)4/h10-12H,5-9H2,1-4H3,(H,15,20)(H,18,19)/t10?,11-,12?/m0/s1. The summed E-state index contributed by atoms with van der Waals surface area (Å²) in [6.45, 7) is 5.45. The molecule has 116 valence electrons. The van der Waals surface area contributed by atoms with E-state index in [1.807, 2.05) is 21.0 Å². The van der Waals surface area contributed by atoms with Gasteiger partial charge in [-0.2, -0.15) is 0 Å². The smallest absolute Gasteiger partial charge is 0.326 e.